The summed E-state index contributed by atoms with van der Waals surface area (Å²) in [6.07, 6.45) is 2.41. The number of benzene rings is 2. The Balaban J connectivity index is 1.73. The minimum atomic E-state index is -0.979. The minimum Gasteiger partial charge on any atom is -0.374 e. The average molecular weight is 539 g/mol. The summed E-state index contributed by atoms with van der Waals surface area (Å²) < 4.78 is 0. The van der Waals surface area contributed by atoms with Gasteiger partial charge in [-0.1, -0.05) is 30.3 Å². The minimum absolute atomic E-state index is 0.0780. The number of guanidine groups is 1. The highest BCUT2D eigenvalue weighted by molar-refractivity contribution is 6.02. The van der Waals surface area contributed by atoms with Crippen LogP contribution >= 0.6 is 0 Å². The van der Waals surface area contributed by atoms with Gasteiger partial charge in [-0.05, 0) is 49.9 Å². The number of amides is 3. The average Bonchev–Trinajstić information content (AvgIpc) is 3.46. The largest absolute Gasteiger partial charge is 0.374 e. The lowest BCUT2D eigenvalue weighted by Crippen LogP contribution is -2.55. The summed E-state index contributed by atoms with van der Waals surface area (Å²) in [4.78, 5) is 53.7. The number of anilines is 1. The number of aliphatic imine (C=N–C) groups is 1. The summed E-state index contributed by atoms with van der Waals surface area (Å²) >= 11 is 0. The fraction of sp³-hybridized carbons (Fsp3) is 0.385. The third kappa shape index (κ3) is 9.38. The van der Waals surface area contributed by atoms with Gasteiger partial charge in [0.1, 0.15) is 12.1 Å². The van der Waals surface area contributed by atoms with Gasteiger partial charge in [-0.2, -0.15) is 0 Å². The predicted molar refractivity (Wildman–Crippen MR) is 147 cm³/mol. The van der Waals surface area contributed by atoms with Gasteiger partial charge >= 0.3 is 0 Å². The van der Waals surface area contributed by atoms with Crippen molar-refractivity contribution in [1.82, 2.24) is 16.0 Å². The van der Waals surface area contributed by atoms with Crippen LogP contribution in [0, 0.1) is 10.1 Å². The van der Waals surface area contributed by atoms with E-state index in [1.54, 1.807) is 0 Å². The molecule has 208 valence electrons. The number of nitrogens with one attached hydrogen (secondary N) is 4. The molecule has 0 aliphatic carbocycles. The maximum atomic E-state index is 13.3. The van der Waals surface area contributed by atoms with Crippen LogP contribution in [0.2, 0.25) is 0 Å². The fourth-order valence-corrected chi connectivity index (χ4v) is 4.19. The SMILES string of the molecule is NC(N)=NCCC[C@H](Nc1ccc([N+](=O)[O-])cc1)C(=O)NC(=O)[C@H](Cc1ccccc1)NC(=O)[C@H]1CCCN1. The molecule has 3 atom stereocenters. The van der Waals surface area contributed by atoms with Crippen molar-refractivity contribution in [3.05, 3.63) is 70.3 Å². The van der Waals surface area contributed by atoms with E-state index < -0.39 is 28.8 Å². The zero-order valence-electron chi connectivity index (χ0n) is 21.5. The number of carbonyl (C=O) groups is 3. The standard InChI is InChI=1S/C26H34N8O5/c27-26(28)30-15-5-9-21(31-18-10-12-19(13-11-18)34(38)39)24(36)33-25(37)22(16-17-6-2-1-3-7-17)32-23(35)20-8-4-14-29-20/h1-3,6-7,10-13,20-22,29,31H,4-5,8-9,14-16H2,(H,32,35)(H4,27,28,30)(H,33,36,37)/t20-,21+,22+/m1/s1. The van der Waals surface area contributed by atoms with Gasteiger partial charge < -0.3 is 27.4 Å². The summed E-state index contributed by atoms with van der Waals surface area (Å²) in [6.45, 7) is 0.991. The van der Waals surface area contributed by atoms with Gasteiger partial charge in [0.2, 0.25) is 17.7 Å². The molecule has 3 amide bonds. The molecule has 3 rings (SSSR count). The van der Waals surface area contributed by atoms with Gasteiger partial charge in [-0.15, -0.1) is 0 Å². The molecule has 1 fully saturated rings. The highest BCUT2D eigenvalue weighted by atomic mass is 16.6. The van der Waals surface area contributed by atoms with Crippen molar-refractivity contribution in [2.24, 2.45) is 16.5 Å². The van der Waals surface area contributed by atoms with E-state index >= 15 is 0 Å². The fourth-order valence-electron chi connectivity index (χ4n) is 4.19. The molecule has 1 saturated heterocycles. The molecule has 8 N–H and O–H groups in total. The van der Waals surface area contributed by atoms with Crippen molar-refractivity contribution in [3.8, 4) is 0 Å². The molecule has 0 saturated carbocycles. The number of rotatable bonds is 13. The van der Waals surface area contributed by atoms with Gasteiger partial charge in [-0.3, -0.25) is 34.8 Å². The Morgan fingerprint density at radius 3 is 2.36 bits per heavy atom. The van der Waals surface area contributed by atoms with E-state index in [0.717, 1.165) is 18.5 Å². The van der Waals surface area contributed by atoms with Crippen LogP contribution in [0.4, 0.5) is 11.4 Å². The van der Waals surface area contributed by atoms with E-state index in [2.05, 4.69) is 26.3 Å². The molecule has 1 aliphatic rings. The Morgan fingerprint density at radius 1 is 1.05 bits per heavy atom. The van der Waals surface area contributed by atoms with Crippen LogP contribution in [0.3, 0.4) is 0 Å². The topological polar surface area (TPSA) is 207 Å². The van der Waals surface area contributed by atoms with Crippen LogP contribution < -0.4 is 32.7 Å². The maximum Gasteiger partial charge on any atom is 0.269 e. The van der Waals surface area contributed by atoms with Gasteiger partial charge in [-0.25, -0.2) is 0 Å². The zero-order chi connectivity index (χ0) is 28.2. The van der Waals surface area contributed by atoms with Crippen molar-refractivity contribution in [1.29, 1.82) is 0 Å². The second-order valence-electron chi connectivity index (χ2n) is 9.20. The zero-order valence-corrected chi connectivity index (χ0v) is 21.5. The van der Waals surface area contributed by atoms with E-state index in [0.29, 0.717) is 18.5 Å². The molecule has 0 radical (unpaired) electrons. The number of hydrogen-bond acceptors (Lipinski definition) is 8. The van der Waals surface area contributed by atoms with Crippen molar-refractivity contribution in [2.45, 2.75) is 50.2 Å². The number of non-ortho nitro benzene ring substituents is 1. The second kappa shape index (κ2) is 14.4. The molecule has 2 aromatic rings. The Hall–Kier alpha value is -4.52. The lowest BCUT2D eigenvalue weighted by atomic mass is 10.0. The molecule has 1 heterocycles. The molecule has 13 nitrogen and oxygen atoms in total. The van der Waals surface area contributed by atoms with E-state index in [1.807, 2.05) is 30.3 Å². The van der Waals surface area contributed by atoms with Crippen molar-refractivity contribution in [3.63, 3.8) is 0 Å². The van der Waals surface area contributed by atoms with Crippen molar-refractivity contribution < 1.29 is 19.3 Å². The van der Waals surface area contributed by atoms with Crippen LogP contribution in [0.25, 0.3) is 0 Å². The van der Waals surface area contributed by atoms with Crippen molar-refractivity contribution >= 4 is 35.1 Å². The Kier molecular flexibility index (Phi) is 10.7. The predicted octanol–water partition coefficient (Wildman–Crippen LogP) is 0.551. The molecule has 1 aliphatic heterocycles. The Labute approximate surface area is 226 Å². The molecule has 2 aromatic carbocycles. The molecule has 0 bridgehead atoms. The van der Waals surface area contributed by atoms with Crippen LogP contribution in [0.15, 0.2) is 59.6 Å². The third-order valence-corrected chi connectivity index (χ3v) is 6.22. The van der Waals surface area contributed by atoms with Crippen molar-refractivity contribution in [2.75, 3.05) is 18.4 Å². The summed E-state index contributed by atoms with van der Waals surface area (Å²) in [7, 11) is 0. The quantitative estimate of drug-likeness (QED) is 0.0691. The summed E-state index contributed by atoms with van der Waals surface area (Å²) in [5.74, 6) is -1.64. The number of nitro groups is 1. The van der Waals surface area contributed by atoms with Crippen LogP contribution in [-0.4, -0.2) is 59.8 Å². The lowest BCUT2D eigenvalue weighted by molar-refractivity contribution is -0.384. The number of nitro benzene ring substituents is 1. The Morgan fingerprint density at radius 2 is 1.74 bits per heavy atom. The number of nitrogens with zero attached hydrogens (tertiary/aromatic N) is 2. The van der Waals surface area contributed by atoms with E-state index in [4.69, 9.17) is 11.5 Å². The molecule has 0 aromatic heterocycles. The van der Waals surface area contributed by atoms with Gasteiger partial charge in [0.15, 0.2) is 5.96 Å². The first-order chi connectivity index (χ1) is 18.7. The molecule has 0 spiro atoms. The summed E-state index contributed by atoms with van der Waals surface area (Å²) in [5, 5.41) is 22.3. The molecular weight excluding hydrogens is 504 g/mol. The number of carbonyl (C=O) groups excluding carboxylic acids is 3. The first-order valence-corrected chi connectivity index (χ1v) is 12.7. The van der Waals surface area contributed by atoms with E-state index in [-0.39, 0.29) is 43.0 Å². The molecule has 13 heteroatoms. The van der Waals surface area contributed by atoms with E-state index in [9.17, 15) is 24.5 Å². The number of hydrogen-bond donors (Lipinski definition) is 6. The second-order valence-corrected chi connectivity index (χ2v) is 9.20. The first-order valence-electron chi connectivity index (χ1n) is 12.7. The van der Waals surface area contributed by atoms with Gasteiger partial charge in [0, 0.05) is 30.8 Å². The number of nitrogens with two attached hydrogens (primary N) is 2. The highest BCUT2D eigenvalue weighted by Crippen LogP contribution is 2.17. The van der Waals surface area contributed by atoms with Crippen LogP contribution in [-0.2, 0) is 20.8 Å². The molecular formula is C26H34N8O5. The smallest absolute Gasteiger partial charge is 0.269 e. The molecule has 39 heavy (non-hydrogen) atoms. The van der Waals surface area contributed by atoms with E-state index in [1.165, 1.54) is 24.3 Å². The normalized spacial score (nSPS) is 15.9. The monoisotopic (exact) mass is 538 g/mol. The van der Waals surface area contributed by atoms with Gasteiger partial charge in [0.25, 0.3) is 5.69 Å². The first kappa shape index (κ1) is 29.0. The van der Waals surface area contributed by atoms with Gasteiger partial charge in [0.05, 0.1) is 11.0 Å². The maximum absolute atomic E-state index is 13.3. The lowest BCUT2D eigenvalue weighted by Gasteiger charge is -2.23. The highest BCUT2D eigenvalue weighted by Gasteiger charge is 2.30. The van der Waals surface area contributed by atoms with Crippen LogP contribution in [0.1, 0.15) is 31.2 Å². The third-order valence-electron chi connectivity index (χ3n) is 6.22. The number of imide groups is 1. The summed E-state index contributed by atoms with van der Waals surface area (Å²) in [6, 6.07) is 12.5. The summed E-state index contributed by atoms with van der Waals surface area (Å²) in [5.41, 5.74) is 11.9. The Bertz CT molecular complexity index is 1160. The van der Waals surface area contributed by atoms with Crippen LogP contribution in [0.5, 0.6) is 0 Å². The molecule has 0 unspecified atom stereocenters.